The van der Waals surface area contributed by atoms with Crippen LogP contribution in [0, 0.1) is 0 Å². The Bertz CT molecular complexity index is 650. The molecular formula is C16H22N6O. The Morgan fingerprint density at radius 1 is 1.22 bits per heavy atom. The predicted octanol–water partition coefficient (Wildman–Crippen LogP) is 0.204. The number of aliphatic imine (C=N–C) groups is 1. The third kappa shape index (κ3) is 2.71. The molecule has 7 nitrogen and oxygen atoms in total. The Morgan fingerprint density at radius 3 is 2.78 bits per heavy atom. The van der Waals surface area contributed by atoms with Crippen LogP contribution in [0.25, 0.3) is 0 Å². The van der Waals surface area contributed by atoms with E-state index >= 15 is 0 Å². The van der Waals surface area contributed by atoms with Crippen molar-refractivity contribution in [2.24, 2.45) is 4.99 Å². The van der Waals surface area contributed by atoms with E-state index in [0.717, 1.165) is 56.4 Å². The van der Waals surface area contributed by atoms with E-state index < -0.39 is 0 Å². The van der Waals surface area contributed by atoms with Crippen LogP contribution in [0.2, 0.25) is 0 Å². The van der Waals surface area contributed by atoms with Gasteiger partial charge in [0.2, 0.25) is 0 Å². The number of amides is 1. The molecule has 4 rings (SSSR count). The minimum absolute atomic E-state index is 0.103. The zero-order valence-electron chi connectivity index (χ0n) is 13.3. The Morgan fingerprint density at radius 2 is 2.00 bits per heavy atom. The van der Waals surface area contributed by atoms with Gasteiger partial charge in [-0.2, -0.15) is 0 Å². The van der Waals surface area contributed by atoms with Crippen LogP contribution in [0.5, 0.6) is 0 Å². The second kappa shape index (κ2) is 5.92. The van der Waals surface area contributed by atoms with E-state index in [0.29, 0.717) is 5.56 Å². The van der Waals surface area contributed by atoms with Crippen LogP contribution in [0.1, 0.15) is 29.0 Å². The standard InChI is InChI=1S/C16H22N6O/c1-2-21-6-8-22(9-7-21)10-13-17-12-5-3-4-11-14(12)15(18-13)19-20-16(11)23/h3-5,15,19H,2,6-10H2,1H3,(H,17,18)(H,20,23). The van der Waals surface area contributed by atoms with Gasteiger partial charge in [0.15, 0.2) is 0 Å². The van der Waals surface area contributed by atoms with Crippen LogP contribution in [0.15, 0.2) is 23.2 Å². The van der Waals surface area contributed by atoms with Gasteiger partial charge in [0.05, 0.1) is 12.2 Å². The van der Waals surface area contributed by atoms with Crippen molar-refractivity contribution < 1.29 is 4.79 Å². The van der Waals surface area contributed by atoms with Crippen LogP contribution < -0.4 is 16.2 Å². The van der Waals surface area contributed by atoms with E-state index in [9.17, 15) is 4.79 Å². The molecule has 0 aliphatic carbocycles. The smallest absolute Gasteiger partial charge is 0.265 e. The van der Waals surface area contributed by atoms with Gasteiger partial charge < -0.3 is 10.2 Å². The number of hydrogen-bond donors (Lipinski definition) is 3. The van der Waals surface area contributed by atoms with Crippen molar-refractivity contribution >= 4 is 17.4 Å². The number of nitrogens with one attached hydrogen (secondary N) is 3. The Labute approximate surface area is 135 Å². The molecule has 1 saturated heterocycles. The molecule has 1 aromatic carbocycles. The average molecular weight is 314 g/mol. The molecule has 1 aromatic rings. The van der Waals surface area contributed by atoms with E-state index in [1.165, 1.54) is 0 Å². The van der Waals surface area contributed by atoms with Crippen molar-refractivity contribution in [1.82, 2.24) is 26.0 Å². The fourth-order valence-corrected chi connectivity index (χ4v) is 3.44. The summed E-state index contributed by atoms with van der Waals surface area (Å²) in [6.07, 6.45) is -0.108. The number of likely N-dealkylation sites (N-methyl/N-ethyl adjacent to an activating group) is 1. The fourth-order valence-electron chi connectivity index (χ4n) is 3.44. The molecule has 1 amide bonds. The largest absolute Gasteiger partial charge is 0.352 e. The first-order chi connectivity index (χ1) is 11.2. The summed E-state index contributed by atoms with van der Waals surface area (Å²) in [5, 5.41) is 3.41. The highest BCUT2D eigenvalue weighted by atomic mass is 16.2. The first-order valence-corrected chi connectivity index (χ1v) is 8.22. The summed E-state index contributed by atoms with van der Waals surface area (Å²) in [7, 11) is 0. The Kier molecular flexibility index (Phi) is 3.76. The van der Waals surface area contributed by atoms with Crippen molar-refractivity contribution in [3.8, 4) is 0 Å². The maximum absolute atomic E-state index is 11.9. The molecule has 0 bridgehead atoms. The van der Waals surface area contributed by atoms with E-state index in [4.69, 9.17) is 4.99 Å². The van der Waals surface area contributed by atoms with E-state index in [1.807, 2.05) is 18.2 Å². The van der Waals surface area contributed by atoms with Gasteiger partial charge in [-0.3, -0.25) is 15.1 Å². The summed E-state index contributed by atoms with van der Waals surface area (Å²) in [5.74, 6) is 0.850. The highest BCUT2D eigenvalue weighted by Crippen LogP contribution is 2.32. The lowest BCUT2D eigenvalue weighted by Crippen LogP contribution is -2.55. The highest BCUT2D eigenvalue weighted by molar-refractivity contribution is 6.00. The molecule has 1 fully saturated rings. The lowest BCUT2D eigenvalue weighted by molar-refractivity contribution is 0.0904. The summed E-state index contributed by atoms with van der Waals surface area (Å²) in [6, 6.07) is 5.71. The van der Waals surface area contributed by atoms with Gasteiger partial charge in [0, 0.05) is 37.3 Å². The van der Waals surface area contributed by atoms with Gasteiger partial charge in [0.1, 0.15) is 12.0 Å². The van der Waals surface area contributed by atoms with Gasteiger partial charge in [-0.05, 0) is 18.7 Å². The molecule has 122 valence electrons. The molecule has 23 heavy (non-hydrogen) atoms. The second-order valence-corrected chi connectivity index (χ2v) is 6.18. The number of benzene rings is 1. The van der Waals surface area contributed by atoms with Crippen LogP contribution in [-0.2, 0) is 0 Å². The fraction of sp³-hybridized carbons (Fsp3) is 0.500. The highest BCUT2D eigenvalue weighted by Gasteiger charge is 2.31. The topological polar surface area (TPSA) is 72.0 Å². The number of carbonyl (C=O) groups is 1. The molecule has 1 atom stereocenters. The molecule has 1 unspecified atom stereocenters. The first kappa shape index (κ1) is 14.6. The van der Waals surface area contributed by atoms with Gasteiger partial charge in [-0.15, -0.1) is 0 Å². The first-order valence-electron chi connectivity index (χ1n) is 8.22. The maximum Gasteiger partial charge on any atom is 0.265 e. The van der Waals surface area contributed by atoms with Crippen LogP contribution >= 0.6 is 0 Å². The number of hydrazine groups is 1. The van der Waals surface area contributed by atoms with E-state index in [-0.39, 0.29) is 12.1 Å². The van der Waals surface area contributed by atoms with Crippen molar-refractivity contribution in [3.63, 3.8) is 0 Å². The minimum atomic E-state index is -0.108. The number of hydrogen-bond acceptors (Lipinski definition) is 6. The molecule has 3 aliphatic heterocycles. The number of amidine groups is 1. The van der Waals surface area contributed by atoms with Gasteiger partial charge >= 0.3 is 0 Å². The van der Waals surface area contributed by atoms with Gasteiger partial charge in [0.25, 0.3) is 5.91 Å². The molecule has 0 radical (unpaired) electrons. The lowest BCUT2D eigenvalue weighted by Gasteiger charge is -2.37. The molecule has 7 heteroatoms. The zero-order valence-corrected chi connectivity index (χ0v) is 13.3. The second-order valence-electron chi connectivity index (χ2n) is 6.18. The van der Waals surface area contributed by atoms with Crippen molar-refractivity contribution in [1.29, 1.82) is 0 Å². The normalized spacial score (nSPS) is 24.5. The van der Waals surface area contributed by atoms with E-state index in [1.54, 1.807) is 0 Å². The molecule has 0 saturated carbocycles. The molecular weight excluding hydrogens is 292 g/mol. The monoisotopic (exact) mass is 314 g/mol. The minimum Gasteiger partial charge on any atom is -0.352 e. The molecule has 3 heterocycles. The van der Waals surface area contributed by atoms with Crippen LogP contribution in [0.3, 0.4) is 0 Å². The van der Waals surface area contributed by atoms with Crippen molar-refractivity contribution in [2.75, 3.05) is 39.3 Å². The average Bonchev–Trinajstić information content (AvgIpc) is 2.59. The number of nitrogens with zero attached hydrogens (tertiary/aromatic N) is 3. The van der Waals surface area contributed by atoms with Crippen LogP contribution in [0.4, 0.5) is 5.69 Å². The molecule has 3 aliphatic rings. The quantitative estimate of drug-likeness (QED) is 0.744. The number of carbonyl (C=O) groups excluding carboxylic acids is 1. The zero-order chi connectivity index (χ0) is 15.8. The molecule has 0 spiro atoms. The lowest BCUT2D eigenvalue weighted by atomic mass is 9.99. The summed E-state index contributed by atoms with van der Waals surface area (Å²) in [6.45, 7) is 8.50. The molecule has 0 aromatic heterocycles. The number of rotatable bonds is 3. The summed E-state index contributed by atoms with van der Waals surface area (Å²) in [4.78, 5) is 21.5. The maximum atomic E-state index is 11.9. The van der Waals surface area contributed by atoms with Crippen LogP contribution in [-0.4, -0.2) is 60.8 Å². The summed E-state index contributed by atoms with van der Waals surface area (Å²) < 4.78 is 0. The Hall–Kier alpha value is -1.96. The summed E-state index contributed by atoms with van der Waals surface area (Å²) in [5.41, 5.74) is 8.26. The predicted molar refractivity (Wildman–Crippen MR) is 88.6 cm³/mol. The van der Waals surface area contributed by atoms with Crippen molar-refractivity contribution in [2.45, 2.75) is 13.1 Å². The van der Waals surface area contributed by atoms with Crippen molar-refractivity contribution in [3.05, 3.63) is 29.3 Å². The van der Waals surface area contributed by atoms with E-state index in [2.05, 4.69) is 32.9 Å². The molecule has 3 N–H and O–H groups in total. The summed E-state index contributed by atoms with van der Waals surface area (Å²) >= 11 is 0. The van der Waals surface area contributed by atoms with Gasteiger partial charge in [-0.1, -0.05) is 13.0 Å². The third-order valence-corrected chi connectivity index (χ3v) is 4.80. The van der Waals surface area contributed by atoms with Gasteiger partial charge in [-0.25, -0.2) is 10.4 Å². The Balaban J connectivity index is 1.53. The third-order valence-electron chi connectivity index (χ3n) is 4.80. The number of piperazine rings is 1. The SMILES string of the molecule is CCN1CCN(CC2=Nc3cccc4c3C(NNC4=O)N2)CC1.